The van der Waals surface area contributed by atoms with Gasteiger partial charge in [0.2, 0.25) is 5.91 Å². The van der Waals surface area contributed by atoms with Crippen LogP contribution in [-0.4, -0.2) is 32.0 Å². The number of carbonyl (C=O) groups is 1. The van der Waals surface area contributed by atoms with E-state index in [4.69, 9.17) is 4.42 Å². The highest BCUT2D eigenvalue weighted by Crippen LogP contribution is 2.42. The van der Waals surface area contributed by atoms with Gasteiger partial charge in [0, 0.05) is 13.6 Å². The number of aliphatic imine (C=N–C) groups is 1. The number of rotatable bonds is 8. The van der Waals surface area contributed by atoms with Gasteiger partial charge in [-0.2, -0.15) is 0 Å². The van der Waals surface area contributed by atoms with E-state index in [0.29, 0.717) is 23.8 Å². The van der Waals surface area contributed by atoms with Crippen LogP contribution in [0, 0.1) is 11.3 Å². The summed E-state index contributed by atoms with van der Waals surface area (Å²) >= 11 is 0. The summed E-state index contributed by atoms with van der Waals surface area (Å²) in [6.07, 6.45) is 8.02. The normalized spacial score (nSPS) is 16.9. The molecule has 2 rings (SSSR count). The van der Waals surface area contributed by atoms with Gasteiger partial charge in [0.05, 0.1) is 19.4 Å². The van der Waals surface area contributed by atoms with Gasteiger partial charge in [0.25, 0.3) is 0 Å². The first-order valence-electron chi connectivity index (χ1n) is 9.27. The van der Waals surface area contributed by atoms with E-state index in [-0.39, 0.29) is 12.5 Å². The number of nitrogens with one attached hydrogen (secondary N) is 3. The Balaban J connectivity index is 1.73. The average molecular weight is 348 g/mol. The summed E-state index contributed by atoms with van der Waals surface area (Å²) < 4.78 is 5.20. The summed E-state index contributed by atoms with van der Waals surface area (Å²) in [5.41, 5.74) is 0.368. The van der Waals surface area contributed by atoms with Crippen LogP contribution in [0.2, 0.25) is 0 Å². The molecule has 0 spiro atoms. The lowest BCUT2D eigenvalue weighted by atomic mass is 9.78. The van der Waals surface area contributed by atoms with Gasteiger partial charge >= 0.3 is 0 Å². The molecule has 1 aromatic rings. The van der Waals surface area contributed by atoms with Crippen molar-refractivity contribution in [3.8, 4) is 0 Å². The number of carbonyl (C=O) groups excluding carboxylic acids is 1. The molecule has 1 aliphatic rings. The van der Waals surface area contributed by atoms with Crippen molar-refractivity contribution in [2.45, 2.75) is 52.5 Å². The summed E-state index contributed by atoms with van der Waals surface area (Å²) in [6.45, 7) is 6.08. The Kier molecular flexibility index (Phi) is 7.34. The van der Waals surface area contributed by atoms with Crippen molar-refractivity contribution in [1.29, 1.82) is 0 Å². The number of nitrogens with zero attached hydrogens (tertiary/aromatic N) is 1. The van der Waals surface area contributed by atoms with Crippen LogP contribution >= 0.6 is 0 Å². The van der Waals surface area contributed by atoms with Crippen molar-refractivity contribution < 1.29 is 9.21 Å². The lowest BCUT2D eigenvalue weighted by Gasteiger charge is -2.31. The second kappa shape index (κ2) is 9.49. The standard InChI is InChI=1S/C19H32N4O2/c1-15(2)11-19(8-4-5-9-19)14-23-18(20-3)22-13-17(24)21-12-16-7-6-10-25-16/h6-7,10,15H,4-5,8-9,11-14H2,1-3H3,(H,21,24)(H2,20,22,23). The monoisotopic (exact) mass is 348 g/mol. The molecule has 0 saturated heterocycles. The SMILES string of the molecule is CN=C(NCC(=O)NCc1ccco1)NCC1(CC(C)C)CCCC1. The third-order valence-electron chi connectivity index (χ3n) is 4.82. The fraction of sp³-hybridized carbons (Fsp3) is 0.684. The van der Waals surface area contributed by atoms with Gasteiger partial charge < -0.3 is 20.4 Å². The molecule has 0 atom stereocenters. The molecule has 140 valence electrons. The Morgan fingerprint density at radius 2 is 2.04 bits per heavy atom. The Labute approximate surface area is 150 Å². The van der Waals surface area contributed by atoms with Gasteiger partial charge in [0.15, 0.2) is 5.96 Å². The maximum absolute atomic E-state index is 11.9. The van der Waals surface area contributed by atoms with Crippen LogP contribution in [0.1, 0.15) is 51.7 Å². The molecule has 0 bridgehead atoms. The highest BCUT2D eigenvalue weighted by atomic mass is 16.3. The van der Waals surface area contributed by atoms with Gasteiger partial charge in [-0.05, 0) is 42.7 Å². The third-order valence-corrected chi connectivity index (χ3v) is 4.82. The Bertz CT molecular complexity index is 546. The molecule has 1 saturated carbocycles. The van der Waals surface area contributed by atoms with E-state index in [9.17, 15) is 4.79 Å². The molecule has 6 nitrogen and oxygen atoms in total. The zero-order chi connectivity index (χ0) is 18.1. The Morgan fingerprint density at radius 1 is 1.28 bits per heavy atom. The maximum atomic E-state index is 11.9. The minimum atomic E-state index is -0.0860. The van der Waals surface area contributed by atoms with Crippen LogP contribution in [0.3, 0.4) is 0 Å². The van der Waals surface area contributed by atoms with Crippen LogP contribution in [0.5, 0.6) is 0 Å². The van der Waals surface area contributed by atoms with E-state index in [1.807, 2.05) is 12.1 Å². The lowest BCUT2D eigenvalue weighted by Crippen LogP contribution is -2.46. The quantitative estimate of drug-likeness (QED) is 0.498. The van der Waals surface area contributed by atoms with Crippen LogP contribution in [0.15, 0.2) is 27.8 Å². The fourth-order valence-corrected chi connectivity index (χ4v) is 3.76. The molecule has 0 aromatic carbocycles. The first kappa shape index (κ1) is 19.3. The molecule has 1 aromatic heterocycles. The molecule has 6 heteroatoms. The van der Waals surface area contributed by atoms with E-state index in [0.717, 1.165) is 12.3 Å². The zero-order valence-electron chi connectivity index (χ0n) is 15.7. The largest absolute Gasteiger partial charge is 0.467 e. The topological polar surface area (TPSA) is 78.7 Å². The molecule has 1 aliphatic carbocycles. The highest BCUT2D eigenvalue weighted by molar-refractivity contribution is 5.86. The van der Waals surface area contributed by atoms with Gasteiger partial charge in [-0.3, -0.25) is 9.79 Å². The third kappa shape index (κ3) is 6.44. The molecule has 0 aliphatic heterocycles. The van der Waals surface area contributed by atoms with E-state index in [2.05, 4.69) is 34.8 Å². The molecule has 1 heterocycles. The average Bonchev–Trinajstić information content (AvgIpc) is 3.25. The highest BCUT2D eigenvalue weighted by Gasteiger charge is 2.34. The number of hydrogen-bond acceptors (Lipinski definition) is 3. The maximum Gasteiger partial charge on any atom is 0.239 e. The van der Waals surface area contributed by atoms with Crippen LogP contribution in [0.4, 0.5) is 0 Å². The minimum absolute atomic E-state index is 0.0860. The fourth-order valence-electron chi connectivity index (χ4n) is 3.76. The van der Waals surface area contributed by atoms with Crippen LogP contribution in [0.25, 0.3) is 0 Å². The zero-order valence-corrected chi connectivity index (χ0v) is 15.7. The minimum Gasteiger partial charge on any atom is -0.467 e. The van der Waals surface area contributed by atoms with E-state index in [1.165, 1.54) is 32.1 Å². The molecule has 0 radical (unpaired) electrons. The van der Waals surface area contributed by atoms with Gasteiger partial charge in [0.1, 0.15) is 5.76 Å². The van der Waals surface area contributed by atoms with Crippen LogP contribution < -0.4 is 16.0 Å². The lowest BCUT2D eigenvalue weighted by molar-refractivity contribution is -0.120. The smallest absolute Gasteiger partial charge is 0.239 e. The Morgan fingerprint density at radius 3 is 2.64 bits per heavy atom. The summed E-state index contributed by atoms with van der Waals surface area (Å²) in [7, 11) is 1.74. The van der Waals surface area contributed by atoms with E-state index < -0.39 is 0 Å². The molecule has 0 unspecified atom stereocenters. The summed E-state index contributed by atoms with van der Waals surface area (Å²) in [5, 5.41) is 9.33. The number of furan rings is 1. The Hall–Kier alpha value is -1.98. The molecular weight excluding hydrogens is 316 g/mol. The van der Waals surface area contributed by atoms with Crippen molar-refractivity contribution in [3.63, 3.8) is 0 Å². The second-order valence-corrected chi connectivity index (χ2v) is 7.44. The van der Waals surface area contributed by atoms with Crippen molar-refractivity contribution in [2.75, 3.05) is 20.1 Å². The number of guanidine groups is 1. The van der Waals surface area contributed by atoms with Gasteiger partial charge in [-0.1, -0.05) is 26.7 Å². The molecule has 25 heavy (non-hydrogen) atoms. The second-order valence-electron chi connectivity index (χ2n) is 7.44. The van der Waals surface area contributed by atoms with Crippen molar-refractivity contribution in [2.24, 2.45) is 16.3 Å². The molecule has 1 amide bonds. The predicted octanol–water partition coefficient (Wildman–Crippen LogP) is 2.67. The van der Waals surface area contributed by atoms with Crippen LogP contribution in [-0.2, 0) is 11.3 Å². The molecule has 3 N–H and O–H groups in total. The van der Waals surface area contributed by atoms with Crippen molar-refractivity contribution in [1.82, 2.24) is 16.0 Å². The van der Waals surface area contributed by atoms with E-state index in [1.54, 1.807) is 13.3 Å². The summed E-state index contributed by atoms with van der Waals surface area (Å²) in [4.78, 5) is 16.2. The summed E-state index contributed by atoms with van der Waals surface area (Å²) in [6, 6.07) is 3.64. The number of amides is 1. The number of hydrogen-bond donors (Lipinski definition) is 3. The van der Waals surface area contributed by atoms with E-state index >= 15 is 0 Å². The van der Waals surface area contributed by atoms with Gasteiger partial charge in [-0.25, -0.2) is 0 Å². The molecular formula is C19H32N4O2. The first-order valence-corrected chi connectivity index (χ1v) is 9.27. The predicted molar refractivity (Wildman–Crippen MR) is 100 cm³/mol. The van der Waals surface area contributed by atoms with Gasteiger partial charge in [-0.15, -0.1) is 0 Å². The van der Waals surface area contributed by atoms with Crippen molar-refractivity contribution in [3.05, 3.63) is 24.2 Å². The van der Waals surface area contributed by atoms with Crippen molar-refractivity contribution >= 4 is 11.9 Å². The molecule has 1 fully saturated rings. The summed E-state index contributed by atoms with van der Waals surface area (Å²) in [5.74, 6) is 2.04. The first-order chi connectivity index (χ1) is 12.0.